The smallest absolute Gasteiger partial charge is 0.257 e. The molecule has 2 heterocycles. The number of benzene rings is 1. The molecular formula is C17H20N4O3. The first kappa shape index (κ1) is 16.2. The average Bonchev–Trinajstić information content (AvgIpc) is 3.03. The van der Waals surface area contributed by atoms with Gasteiger partial charge >= 0.3 is 0 Å². The van der Waals surface area contributed by atoms with Crippen LogP contribution in [0.25, 0.3) is 11.5 Å². The van der Waals surface area contributed by atoms with Crippen LogP contribution in [0.15, 0.2) is 34.9 Å². The molecule has 1 saturated heterocycles. The van der Waals surface area contributed by atoms with Gasteiger partial charge in [-0.25, -0.2) is 0 Å². The van der Waals surface area contributed by atoms with Crippen LogP contribution in [0.4, 0.5) is 0 Å². The number of rotatable bonds is 3. The van der Waals surface area contributed by atoms with Crippen LogP contribution in [0.2, 0.25) is 0 Å². The van der Waals surface area contributed by atoms with Gasteiger partial charge in [-0.05, 0) is 19.1 Å². The minimum atomic E-state index is -0.0505. The lowest BCUT2D eigenvalue weighted by Gasteiger charge is -2.39. The van der Waals surface area contributed by atoms with Crippen molar-refractivity contribution in [3.05, 3.63) is 36.2 Å². The van der Waals surface area contributed by atoms with Gasteiger partial charge in [0.05, 0.1) is 6.42 Å². The SMILES string of the molecule is CC(=O)N1CCN(C(=O)Cc2noc(-c3ccccc3)n2)CC1C. The summed E-state index contributed by atoms with van der Waals surface area (Å²) in [5.41, 5.74) is 0.826. The van der Waals surface area contributed by atoms with E-state index in [-0.39, 0.29) is 24.3 Å². The van der Waals surface area contributed by atoms with Crippen molar-refractivity contribution in [2.45, 2.75) is 26.3 Å². The van der Waals surface area contributed by atoms with Crippen molar-refractivity contribution in [2.75, 3.05) is 19.6 Å². The number of hydrogen-bond donors (Lipinski definition) is 0. The Bertz CT molecular complexity index is 728. The maximum atomic E-state index is 12.4. The summed E-state index contributed by atoms with van der Waals surface area (Å²) >= 11 is 0. The zero-order valence-corrected chi connectivity index (χ0v) is 13.8. The van der Waals surface area contributed by atoms with Gasteiger partial charge in [-0.3, -0.25) is 9.59 Å². The molecule has 24 heavy (non-hydrogen) atoms. The van der Waals surface area contributed by atoms with Gasteiger partial charge in [0.1, 0.15) is 0 Å². The minimum absolute atomic E-state index is 0.0188. The van der Waals surface area contributed by atoms with Gasteiger partial charge in [0.2, 0.25) is 11.8 Å². The van der Waals surface area contributed by atoms with Crippen LogP contribution in [0, 0.1) is 0 Å². The van der Waals surface area contributed by atoms with E-state index in [0.717, 1.165) is 5.56 Å². The Hall–Kier alpha value is -2.70. The number of aromatic nitrogens is 2. The molecule has 1 fully saturated rings. The second-order valence-corrected chi connectivity index (χ2v) is 5.96. The van der Waals surface area contributed by atoms with Crippen LogP contribution in [0.1, 0.15) is 19.7 Å². The summed E-state index contributed by atoms with van der Waals surface area (Å²) in [6.07, 6.45) is 0.100. The highest BCUT2D eigenvalue weighted by Crippen LogP contribution is 2.17. The van der Waals surface area contributed by atoms with E-state index in [1.807, 2.05) is 37.3 Å². The lowest BCUT2D eigenvalue weighted by molar-refractivity contribution is -0.140. The lowest BCUT2D eigenvalue weighted by Crippen LogP contribution is -2.55. The minimum Gasteiger partial charge on any atom is -0.338 e. The molecule has 0 aliphatic carbocycles. The van der Waals surface area contributed by atoms with E-state index in [9.17, 15) is 9.59 Å². The Morgan fingerprint density at radius 3 is 2.67 bits per heavy atom. The first-order valence-corrected chi connectivity index (χ1v) is 7.97. The monoisotopic (exact) mass is 328 g/mol. The predicted octanol–water partition coefficient (Wildman–Crippen LogP) is 1.36. The molecule has 7 nitrogen and oxygen atoms in total. The molecule has 0 saturated carbocycles. The topological polar surface area (TPSA) is 79.5 Å². The van der Waals surface area contributed by atoms with Crippen molar-refractivity contribution in [3.8, 4) is 11.5 Å². The van der Waals surface area contributed by atoms with Gasteiger partial charge in [-0.15, -0.1) is 0 Å². The van der Waals surface area contributed by atoms with Crippen LogP contribution in [-0.4, -0.2) is 57.4 Å². The number of hydrogen-bond acceptors (Lipinski definition) is 5. The van der Waals surface area contributed by atoms with E-state index >= 15 is 0 Å². The highest BCUT2D eigenvalue weighted by Gasteiger charge is 2.28. The number of carbonyl (C=O) groups excluding carboxylic acids is 2. The summed E-state index contributed by atoms with van der Waals surface area (Å²) in [6.45, 7) is 5.12. The maximum Gasteiger partial charge on any atom is 0.257 e. The molecule has 0 N–H and O–H groups in total. The van der Waals surface area contributed by atoms with Gasteiger partial charge in [-0.1, -0.05) is 23.4 Å². The van der Waals surface area contributed by atoms with E-state index in [0.29, 0.717) is 31.3 Å². The van der Waals surface area contributed by atoms with Gasteiger partial charge in [0, 0.05) is 38.2 Å². The molecule has 1 unspecified atom stereocenters. The summed E-state index contributed by atoms with van der Waals surface area (Å²) in [6, 6.07) is 9.46. The van der Waals surface area contributed by atoms with Crippen molar-refractivity contribution in [3.63, 3.8) is 0 Å². The highest BCUT2D eigenvalue weighted by molar-refractivity contribution is 5.79. The summed E-state index contributed by atoms with van der Waals surface area (Å²) in [5.74, 6) is 0.777. The molecule has 1 atom stereocenters. The molecule has 0 bridgehead atoms. The number of nitrogens with zero attached hydrogens (tertiary/aromatic N) is 4. The molecule has 1 aromatic carbocycles. The third-order valence-electron chi connectivity index (χ3n) is 4.18. The van der Waals surface area contributed by atoms with Gasteiger partial charge in [0.25, 0.3) is 5.89 Å². The van der Waals surface area contributed by atoms with Crippen LogP contribution < -0.4 is 0 Å². The molecule has 1 aliphatic rings. The van der Waals surface area contributed by atoms with Crippen molar-refractivity contribution in [1.82, 2.24) is 19.9 Å². The van der Waals surface area contributed by atoms with Crippen LogP contribution in [-0.2, 0) is 16.0 Å². The molecule has 7 heteroatoms. The van der Waals surface area contributed by atoms with Crippen molar-refractivity contribution < 1.29 is 14.1 Å². The molecule has 3 rings (SSSR count). The summed E-state index contributed by atoms with van der Waals surface area (Å²) < 4.78 is 5.22. The fourth-order valence-electron chi connectivity index (χ4n) is 2.92. The predicted molar refractivity (Wildman–Crippen MR) is 86.9 cm³/mol. The zero-order chi connectivity index (χ0) is 17.1. The summed E-state index contributed by atoms with van der Waals surface area (Å²) in [4.78, 5) is 31.8. The number of carbonyl (C=O) groups is 2. The fourth-order valence-corrected chi connectivity index (χ4v) is 2.92. The maximum absolute atomic E-state index is 12.4. The zero-order valence-electron chi connectivity index (χ0n) is 13.8. The molecule has 1 aliphatic heterocycles. The quantitative estimate of drug-likeness (QED) is 0.850. The van der Waals surface area contributed by atoms with Gasteiger partial charge in [0.15, 0.2) is 5.82 Å². The molecule has 1 aromatic heterocycles. The van der Waals surface area contributed by atoms with Crippen LogP contribution >= 0.6 is 0 Å². The van der Waals surface area contributed by atoms with E-state index in [1.54, 1.807) is 16.7 Å². The van der Waals surface area contributed by atoms with E-state index in [1.165, 1.54) is 0 Å². The van der Waals surface area contributed by atoms with E-state index < -0.39 is 0 Å². The molecular weight excluding hydrogens is 308 g/mol. The second kappa shape index (κ2) is 6.82. The second-order valence-electron chi connectivity index (χ2n) is 5.96. The largest absolute Gasteiger partial charge is 0.338 e. The fraction of sp³-hybridized carbons (Fsp3) is 0.412. The van der Waals surface area contributed by atoms with Crippen molar-refractivity contribution in [1.29, 1.82) is 0 Å². The standard InChI is InChI=1S/C17H20N4O3/c1-12-11-20(8-9-21(12)13(2)22)16(23)10-15-18-17(24-19-15)14-6-4-3-5-7-14/h3-7,12H,8-11H2,1-2H3. The Morgan fingerprint density at radius 2 is 2.00 bits per heavy atom. The Kier molecular flexibility index (Phi) is 4.59. The molecule has 2 amide bonds. The number of piperazine rings is 1. The Labute approximate surface area is 140 Å². The third-order valence-corrected chi connectivity index (χ3v) is 4.18. The van der Waals surface area contributed by atoms with Crippen molar-refractivity contribution >= 4 is 11.8 Å². The normalized spacial score (nSPS) is 17.8. The van der Waals surface area contributed by atoms with Gasteiger partial charge < -0.3 is 14.3 Å². The van der Waals surface area contributed by atoms with Gasteiger partial charge in [-0.2, -0.15) is 4.98 Å². The lowest BCUT2D eigenvalue weighted by atomic mass is 10.1. The van der Waals surface area contributed by atoms with Crippen LogP contribution in [0.3, 0.4) is 0 Å². The Morgan fingerprint density at radius 1 is 1.25 bits per heavy atom. The highest BCUT2D eigenvalue weighted by atomic mass is 16.5. The van der Waals surface area contributed by atoms with E-state index in [2.05, 4.69) is 10.1 Å². The van der Waals surface area contributed by atoms with E-state index in [4.69, 9.17) is 4.52 Å². The third kappa shape index (κ3) is 3.45. The first-order chi connectivity index (χ1) is 11.5. The average molecular weight is 328 g/mol. The van der Waals surface area contributed by atoms with Crippen LogP contribution in [0.5, 0.6) is 0 Å². The first-order valence-electron chi connectivity index (χ1n) is 7.97. The molecule has 126 valence electrons. The molecule has 0 spiro atoms. The van der Waals surface area contributed by atoms with Crippen molar-refractivity contribution in [2.24, 2.45) is 0 Å². The number of amides is 2. The summed E-state index contributed by atoms with van der Waals surface area (Å²) in [5, 5.41) is 3.89. The molecule has 2 aromatic rings. The summed E-state index contributed by atoms with van der Waals surface area (Å²) in [7, 11) is 0. The Balaban J connectivity index is 1.62. The molecule has 0 radical (unpaired) electrons.